The first kappa shape index (κ1) is 13.0. The molecule has 0 spiro atoms. The Balaban J connectivity index is 2.73. The number of hydrogen-bond donors (Lipinski definition) is 5. The van der Waals surface area contributed by atoms with Crippen molar-refractivity contribution in [2.24, 2.45) is 0 Å². The Bertz CT molecular complexity index is 525. The minimum absolute atomic E-state index is 0.188. The summed E-state index contributed by atoms with van der Waals surface area (Å²) in [6.45, 7) is 1.26. The van der Waals surface area contributed by atoms with Gasteiger partial charge in [-0.25, -0.2) is 0 Å². The standard InChI is InChI=1S/C14H14O5/c1-14(19,12-8(15)4-2-5-9(12)16)13-10(17)6-3-7-11(13)18/h2-7,15-19H,1H3. The number of aromatic hydroxyl groups is 4. The maximum atomic E-state index is 10.5. The fraction of sp³-hybridized carbons (Fsp3) is 0.143. The molecule has 0 aliphatic heterocycles. The summed E-state index contributed by atoms with van der Waals surface area (Å²) < 4.78 is 0. The van der Waals surface area contributed by atoms with Crippen LogP contribution >= 0.6 is 0 Å². The second-order valence-corrected chi connectivity index (χ2v) is 4.41. The van der Waals surface area contributed by atoms with Crippen LogP contribution in [0.1, 0.15) is 18.1 Å². The third kappa shape index (κ3) is 2.04. The average Bonchev–Trinajstić information content (AvgIpc) is 2.27. The van der Waals surface area contributed by atoms with E-state index in [9.17, 15) is 25.5 Å². The van der Waals surface area contributed by atoms with E-state index < -0.39 is 5.60 Å². The lowest BCUT2D eigenvalue weighted by Crippen LogP contribution is -2.23. The van der Waals surface area contributed by atoms with Gasteiger partial charge in [-0.05, 0) is 31.2 Å². The molecule has 0 heterocycles. The summed E-state index contributed by atoms with van der Waals surface area (Å²) in [6.07, 6.45) is 0. The van der Waals surface area contributed by atoms with Gasteiger partial charge in [-0.3, -0.25) is 0 Å². The van der Waals surface area contributed by atoms with Crippen molar-refractivity contribution in [3.63, 3.8) is 0 Å². The summed E-state index contributed by atoms with van der Waals surface area (Å²) in [4.78, 5) is 0. The molecule has 0 radical (unpaired) electrons. The Kier molecular flexibility index (Phi) is 3.00. The van der Waals surface area contributed by atoms with Crippen molar-refractivity contribution < 1.29 is 25.5 Å². The third-order valence-electron chi connectivity index (χ3n) is 3.01. The number of rotatable bonds is 2. The topological polar surface area (TPSA) is 101 Å². The van der Waals surface area contributed by atoms with Gasteiger partial charge in [0.15, 0.2) is 0 Å². The monoisotopic (exact) mass is 262 g/mol. The molecule has 0 bridgehead atoms. The number of phenolic OH excluding ortho intramolecular Hbond substituents is 4. The van der Waals surface area contributed by atoms with E-state index in [1.54, 1.807) is 0 Å². The molecule has 0 saturated heterocycles. The van der Waals surface area contributed by atoms with Gasteiger partial charge in [0.2, 0.25) is 0 Å². The van der Waals surface area contributed by atoms with Crippen LogP contribution in [0.25, 0.3) is 0 Å². The molecule has 19 heavy (non-hydrogen) atoms. The molecule has 0 atom stereocenters. The van der Waals surface area contributed by atoms with E-state index in [4.69, 9.17) is 0 Å². The molecule has 5 heteroatoms. The third-order valence-corrected chi connectivity index (χ3v) is 3.01. The van der Waals surface area contributed by atoms with Crippen molar-refractivity contribution >= 4 is 0 Å². The molecule has 0 fully saturated rings. The molecule has 2 aromatic rings. The zero-order chi connectivity index (χ0) is 14.2. The van der Waals surface area contributed by atoms with E-state index in [1.165, 1.54) is 43.3 Å². The van der Waals surface area contributed by atoms with E-state index in [0.29, 0.717) is 0 Å². The number of aliphatic hydroxyl groups is 1. The lowest BCUT2D eigenvalue weighted by molar-refractivity contribution is 0.0902. The zero-order valence-corrected chi connectivity index (χ0v) is 10.2. The van der Waals surface area contributed by atoms with Crippen LogP contribution in [0, 0.1) is 0 Å². The van der Waals surface area contributed by atoms with Gasteiger partial charge in [-0.2, -0.15) is 0 Å². The fourth-order valence-corrected chi connectivity index (χ4v) is 2.18. The van der Waals surface area contributed by atoms with E-state index >= 15 is 0 Å². The van der Waals surface area contributed by atoms with Gasteiger partial charge in [-0.1, -0.05) is 12.1 Å². The molecule has 0 saturated carbocycles. The van der Waals surface area contributed by atoms with Crippen molar-refractivity contribution in [3.05, 3.63) is 47.5 Å². The summed E-state index contributed by atoms with van der Waals surface area (Å²) in [6, 6.07) is 7.99. The first-order chi connectivity index (χ1) is 8.85. The number of phenols is 4. The second-order valence-electron chi connectivity index (χ2n) is 4.41. The normalized spacial score (nSPS) is 11.5. The highest BCUT2D eigenvalue weighted by molar-refractivity contribution is 5.57. The Morgan fingerprint density at radius 3 is 1.21 bits per heavy atom. The second kappa shape index (κ2) is 4.37. The highest BCUT2D eigenvalue weighted by Crippen LogP contribution is 2.46. The van der Waals surface area contributed by atoms with Crippen molar-refractivity contribution in [3.8, 4) is 23.0 Å². The van der Waals surface area contributed by atoms with Gasteiger partial charge in [0.25, 0.3) is 0 Å². The van der Waals surface area contributed by atoms with E-state index in [-0.39, 0.29) is 34.1 Å². The SMILES string of the molecule is CC(O)(c1c(O)cccc1O)c1c(O)cccc1O. The van der Waals surface area contributed by atoms with Crippen molar-refractivity contribution in [1.29, 1.82) is 0 Å². The van der Waals surface area contributed by atoms with Crippen LogP contribution in [-0.2, 0) is 5.60 Å². The maximum Gasteiger partial charge on any atom is 0.126 e. The first-order valence-corrected chi connectivity index (χ1v) is 5.61. The molecule has 5 nitrogen and oxygen atoms in total. The van der Waals surface area contributed by atoms with Crippen LogP contribution in [-0.4, -0.2) is 25.5 Å². The highest BCUT2D eigenvalue weighted by Gasteiger charge is 2.36. The van der Waals surface area contributed by atoms with Crippen LogP contribution in [0.4, 0.5) is 0 Å². The van der Waals surface area contributed by atoms with Crippen molar-refractivity contribution in [2.75, 3.05) is 0 Å². The van der Waals surface area contributed by atoms with Gasteiger partial charge in [0.1, 0.15) is 28.6 Å². The van der Waals surface area contributed by atoms with Gasteiger partial charge in [-0.15, -0.1) is 0 Å². The minimum atomic E-state index is -1.95. The Hall–Kier alpha value is -2.40. The predicted molar refractivity (Wildman–Crippen MR) is 68.2 cm³/mol. The van der Waals surface area contributed by atoms with Crippen LogP contribution < -0.4 is 0 Å². The quantitative estimate of drug-likeness (QED) is 0.567. The Labute approximate surface area is 109 Å². The molecular formula is C14H14O5. The van der Waals surface area contributed by atoms with Crippen LogP contribution in [0.5, 0.6) is 23.0 Å². The zero-order valence-electron chi connectivity index (χ0n) is 10.2. The van der Waals surface area contributed by atoms with Gasteiger partial charge >= 0.3 is 0 Å². The van der Waals surface area contributed by atoms with Crippen LogP contribution in [0.15, 0.2) is 36.4 Å². The maximum absolute atomic E-state index is 10.5. The predicted octanol–water partition coefficient (Wildman–Crippen LogP) is 1.76. The lowest BCUT2D eigenvalue weighted by atomic mass is 9.85. The molecule has 0 unspecified atom stereocenters. The van der Waals surface area contributed by atoms with Crippen molar-refractivity contribution in [1.82, 2.24) is 0 Å². The fourth-order valence-electron chi connectivity index (χ4n) is 2.18. The van der Waals surface area contributed by atoms with Crippen LogP contribution in [0.2, 0.25) is 0 Å². The molecule has 0 amide bonds. The Morgan fingerprint density at radius 2 is 0.947 bits per heavy atom. The largest absolute Gasteiger partial charge is 0.507 e. The average molecular weight is 262 g/mol. The molecule has 100 valence electrons. The van der Waals surface area contributed by atoms with E-state index in [1.807, 2.05) is 0 Å². The molecule has 0 aliphatic carbocycles. The minimum Gasteiger partial charge on any atom is -0.507 e. The smallest absolute Gasteiger partial charge is 0.126 e. The summed E-state index contributed by atoms with van der Waals surface area (Å²) in [5, 5.41) is 49.7. The molecular weight excluding hydrogens is 248 g/mol. The lowest BCUT2D eigenvalue weighted by Gasteiger charge is -2.27. The van der Waals surface area contributed by atoms with E-state index in [2.05, 4.69) is 0 Å². The molecule has 0 aromatic heterocycles. The summed E-state index contributed by atoms with van der Waals surface area (Å²) in [5.74, 6) is -1.36. The summed E-state index contributed by atoms with van der Waals surface area (Å²) in [7, 11) is 0. The number of hydrogen-bond acceptors (Lipinski definition) is 5. The Morgan fingerprint density at radius 1 is 0.684 bits per heavy atom. The number of benzene rings is 2. The van der Waals surface area contributed by atoms with Gasteiger partial charge in [0.05, 0.1) is 11.1 Å². The van der Waals surface area contributed by atoms with Crippen molar-refractivity contribution in [2.45, 2.75) is 12.5 Å². The summed E-state index contributed by atoms with van der Waals surface area (Å²) >= 11 is 0. The molecule has 2 aromatic carbocycles. The van der Waals surface area contributed by atoms with Gasteiger partial charge in [0, 0.05) is 0 Å². The summed E-state index contributed by atoms with van der Waals surface area (Å²) in [5.41, 5.74) is -2.33. The molecule has 2 rings (SSSR count). The van der Waals surface area contributed by atoms with Crippen LogP contribution in [0.3, 0.4) is 0 Å². The van der Waals surface area contributed by atoms with Gasteiger partial charge < -0.3 is 25.5 Å². The molecule has 5 N–H and O–H groups in total. The van der Waals surface area contributed by atoms with E-state index in [0.717, 1.165) is 0 Å². The first-order valence-electron chi connectivity index (χ1n) is 5.61. The molecule has 0 aliphatic rings. The highest BCUT2D eigenvalue weighted by atomic mass is 16.3.